The zero-order valence-electron chi connectivity index (χ0n) is 15.3. The number of hydrogen-bond donors (Lipinski definition) is 1. The molecule has 0 radical (unpaired) electrons. The van der Waals surface area contributed by atoms with E-state index in [1.54, 1.807) is 0 Å². The Balaban J connectivity index is 1.75. The normalized spacial score (nSPS) is 18.6. The molecule has 2 aromatic rings. The van der Waals surface area contributed by atoms with Gasteiger partial charge in [-0.25, -0.2) is 0 Å². The third-order valence-corrected chi connectivity index (χ3v) is 4.52. The summed E-state index contributed by atoms with van der Waals surface area (Å²) in [6, 6.07) is 4.09. The van der Waals surface area contributed by atoms with Gasteiger partial charge in [-0.2, -0.15) is 5.10 Å². The van der Waals surface area contributed by atoms with Gasteiger partial charge in [-0.15, -0.1) is 0 Å². The summed E-state index contributed by atoms with van der Waals surface area (Å²) in [4.78, 5) is 2.41. The van der Waals surface area contributed by atoms with E-state index in [4.69, 9.17) is 9.15 Å². The molecule has 0 saturated carbocycles. The summed E-state index contributed by atoms with van der Waals surface area (Å²) in [5, 5.41) is 7.46. The van der Waals surface area contributed by atoms with Gasteiger partial charge in [0.15, 0.2) is 0 Å². The van der Waals surface area contributed by atoms with Crippen LogP contribution in [-0.2, 0) is 23.2 Å². The lowest BCUT2D eigenvalue weighted by Gasteiger charge is -2.26. The number of ether oxygens (including phenoxy) is 1. The minimum atomic E-state index is 0.0582. The molecule has 0 aromatic carbocycles. The number of aryl methyl sites for hydroxylation is 1. The fourth-order valence-corrected chi connectivity index (χ4v) is 3.37. The van der Waals surface area contributed by atoms with E-state index < -0.39 is 0 Å². The number of H-pyrrole nitrogens is 1. The molecule has 0 aliphatic carbocycles. The number of nitrogens with one attached hydrogen (secondary N) is 1. The second-order valence-corrected chi connectivity index (χ2v) is 7.84. The summed E-state index contributed by atoms with van der Waals surface area (Å²) in [7, 11) is 0. The first kappa shape index (κ1) is 17.2. The third-order valence-electron chi connectivity index (χ3n) is 4.52. The van der Waals surface area contributed by atoms with Crippen LogP contribution < -0.4 is 0 Å². The largest absolute Gasteiger partial charge is 0.465 e. The molecule has 5 nitrogen and oxygen atoms in total. The number of hydrogen-bond acceptors (Lipinski definition) is 4. The number of nitrogens with zero attached hydrogens (tertiary/aromatic N) is 2. The predicted octanol–water partition coefficient (Wildman–Crippen LogP) is 3.79. The summed E-state index contributed by atoms with van der Waals surface area (Å²) in [6.07, 6.45) is 4.59. The van der Waals surface area contributed by atoms with E-state index >= 15 is 0 Å². The van der Waals surface area contributed by atoms with Crippen LogP contribution in [0, 0.1) is 6.92 Å². The lowest BCUT2D eigenvalue weighted by atomic mass is 9.89. The van der Waals surface area contributed by atoms with Gasteiger partial charge in [-0.1, -0.05) is 20.8 Å². The summed E-state index contributed by atoms with van der Waals surface area (Å²) >= 11 is 0. The molecule has 0 spiro atoms. The Morgan fingerprint density at radius 3 is 2.75 bits per heavy atom. The van der Waals surface area contributed by atoms with E-state index in [9.17, 15) is 0 Å². The molecular formula is C19H29N3O2. The van der Waals surface area contributed by atoms with Crippen LogP contribution in [0.1, 0.15) is 56.4 Å². The number of aromatic amines is 1. The smallest absolute Gasteiger partial charge is 0.118 e. The molecule has 2 aromatic heterocycles. The van der Waals surface area contributed by atoms with E-state index in [0.717, 1.165) is 50.6 Å². The molecule has 0 bridgehead atoms. The fourth-order valence-electron chi connectivity index (χ4n) is 3.37. The highest BCUT2D eigenvalue weighted by Gasteiger charge is 2.24. The Morgan fingerprint density at radius 2 is 2.12 bits per heavy atom. The van der Waals surface area contributed by atoms with Crippen molar-refractivity contribution in [2.24, 2.45) is 0 Å². The van der Waals surface area contributed by atoms with Crippen molar-refractivity contribution in [3.05, 3.63) is 41.1 Å². The Morgan fingerprint density at radius 1 is 1.29 bits per heavy atom. The average molecular weight is 331 g/mol. The van der Waals surface area contributed by atoms with E-state index in [2.05, 4.69) is 41.9 Å². The SMILES string of the molecule is Cc1ccc(CN(Cc2cn[nH]c2C(C)(C)C)CC2CCCO2)o1. The van der Waals surface area contributed by atoms with E-state index in [1.165, 1.54) is 11.3 Å². The quantitative estimate of drug-likeness (QED) is 0.875. The molecule has 1 saturated heterocycles. The molecule has 1 unspecified atom stereocenters. The van der Waals surface area contributed by atoms with E-state index in [1.807, 2.05) is 19.2 Å². The molecule has 1 fully saturated rings. The zero-order valence-corrected chi connectivity index (χ0v) is 15.3. The maximum Gasteiger partial charge on any atom is 0.118 e. The van der Waals surface area contributed by atoms with Crippen LogP contribution in [0.3, 0.4) is 0 Å². The van der Waals surface area contributed by atoms with Crippen molar-refractivity contribution in [1.29, 1.82) is 0 Å². The highest BCUT2D eigenvalue weighted by Crippen LogP contribution is 2.25. The molecule has 1 aliphatic heterocycles. The Hall–Kier alpha value is -1.59. The van der Waals surface area contributed by atoms with Crippen LogP contribution in [0.15, 0.2) is 22.7 Å². The van der Waals surface area contributed by atoms with Gasteiger partial charge >= 0.3 is 0 Å². The van der Waals surface area contributed by atoms with Crippen LogP contribution in [0.2, 0.25) is 0 Å². The van der Waals surface area contributed by atoms with Gasteiger partial charge in [0, 0.05) is 36.4 Å². The minimum Gasteiger partial charge on any atom is -0.465 e. The van der Waals surface area contributed by atoms with Crippen molar-refractivity contribution in [1.82, 2.24) is 15.1 Å². The van der Waals surface area contributed by atoms with Gasteiger partial charge in [-0.05, 0) is 31.9 Å². The lowest BCUT2D eigenvalue weighted by molar-refractivity contribution is 0.0652. The van der Waals surface area contributed by atoms with Crippen LogP contribution in [0.5, 0.6) is 0 Å². The van der Waals surface area contributed by atoms with Crippen LogP contribution in [-0.4, -0.2) is 34.4 Å². The van der Waals surface area contributed by atoms with Crippen LogP contribution in [0.4, 0.5) is 0 Å². The van der Waals surface area contributed by atoms with Gasteiger partial charge in [0.25, 0.3) is 0 Å². The molecule has 3 rings (SSSR count). The Kier molecular flexibility index (Phi) is 5.11. The van der Waals surface area contributed by atoms with Gasteiger partial charge in [-0.3, -0.25) is 10.00 Å². The highest BCUT2D eigenvalue weighted by molar-refractivity contribution is 5.23. The second-order valence-electron chi connectivity index (χ2n) is 7.84. The van der Waals surface area contributed by atoms with Crippen molar-refractivity contribution >= 4 is 0 Å². The molecule has 1 atom stereocenters. The molecule has 1 aliphatic rings. The minimum absolute atomic E-state index is 0.0582. The maximum atomic E-state index is 5.85. The standard InChI is InChI=1S/C19H29N3O2/c1-14-7-8-17(24-14)13-22(12-16-6-5-9-23-16)11-15-10-20-21-18(15)19(2,3)4/h7-8,10,16H,5-6,9,11-13H2,1-4H3,(H,20,21). The van der Waals surface area contributed by atoms with Gasteiger partial charge in [0.05, 0.1) is 18.8 Å². The van der Waals surface area contributed by atoms with Crippen molar-refractivity contribution < 1.29 is 9.15 Å². The number of furan rings is 1. The van der Waals surface area contributed by atoms with Crippen molar-refractivity contribution in [3.63, 3.8) is 0 Å². The first-order valence-electron chi connectivity index (χ1n) is 8.84. The van der Waals surface area contributed by atoms with Crippen LogP contribution in [0.25, 0.3) is 0 Å². The van der Waals surface area contributed by atoms with Crippen molar-refractivity contribution in [2.75, 3.05) is 13.2 Å². The summed E-state index contributed by atoms with van der Waals surface area (Å²) in [6.45, 7) is 12.1. The second kappa shape index (κ2) is 7.11. The van der Waals surface area contributed by atoms with Crippen molar-refractivity contribution in [3.8, 4) is 0 Å². The maximum absolute atomic E-state index is 5.85. The molecule has 24 heavy (non-hydrogen) atoms. The Labute approximate surface area is 144 Å². The van der Waals surface area contributed by atoms with E-state index in [0.29, 0.717) is 6.10 Å². The number of aromatic nitrogens is 2. The first-order valence-corrected chi connectivity index (χ1v) is 8.84. The van der Waals surface area contributed by atoms with Gasteiger partial charge < -0.3 is 9.15 Å². The molecular weight excluding hydrogens is 302 g/mol. The zero-order chi connectivity index (χ0) is 17.2. The summed E-state index contributed by atoms with van der Waals surface area (Å²) in [5.41, 5.74) is 2.52. The average Bonchev–Trinajstić information content (AvgIpc) is 3.20. The predicted molar refractivity (Wildman–Crippen MR) is 93.8 cm³/mol. The monoisotopic (exact) mass is 331 g/mol. The number of rotatable bonds is 6. The Bertz CT molecular complexity index is 648. The lowest BCUT2D eigenvalue weighted by Crippen LogP contribution is -2.32. The third kappa shape index (κ3) is 4.28. The highest BCUT2D eigenvalue weighted by atomic mass is 16.5. The topological polar surface area (TPSA) is 54.3 Å². The first-order chi connectivity index (χ1) is 11.4. The van der Waals surface area contributed by atoms with Gasteiger partial charge in [0.2, 0.25) is 0 Å². The summed E-state index contributed by atoms with van der Waals surface area (Å²) in [5.74, 6) is 1.96. The summed E-state index contributed by atoms with van der Waals surface area (Å²) < 4.78 is 11.6. The molecule has 1 N–H and O–H groups in total. The fraction of sp³-hybridized carbons (Fsp3) is 0.632. The molecule has 132 valence electrons. The van der Waals surface area contributed by atoms with Crippen molar-refractivity contribution in [2.45, 2.75) is 65.1 Å². The molecule has 5 heteroatoms. The van der Waals surface area contributed by atoms with Gasteiger partial charge in [0.1, 0.15) is 11.5 Å². The van der Waals surface area contributed by atoms with Crippen LogP contribution >= 0.6 is 0 Å². The molecule has 3 heterocycles. The molecule has 0 amide bonds. The van der Waals surface area contributed by atoms with E-state index in [-0.39, 0.29) is 5.41 Å².